The number of anilines is 1. The van der Waals surface area contributed by atoms with Crippen LogP contribution in [0.1, 0.15) is 27.6 Å². The largest absolute Gasteiger partial charge is 0.478 e. The summed E-state index contributed by atoms with van der Waals surface area (Å²) >= 11 is 0. The van der Waals surface area contributed by atoms with E-state index in [4.69, 9.17) is 9.84 Å². The molecule has 0 saturated carbocycles. The van der Waals surface area contributed by atoms with Crippen LogP contribution in [0.25, 0.3) is 0 Å². The van der Waals surface area contributed by atoms with Crippen molar-refractivity contribution in [3.05, 3.63) is 65.7 Å². The van der Waals surface area contributed by atoms with Crippen LogP contribution in [-0.4, -0.2) is 37.7 Å². The van der Waals surface area contributed by atoms with Crippen LogP contribution < -0.4 is 4.90 Å². The van der Waals surface area contributed by atoms with Gasteiger partial charge in [0.15, 0.2) is 0 Å². The smallest absolute Gasteiger partial charge is 0.338 e. The van der Waals surface area contributed by atoms with E-state index >= 15 is 0 Å². The average Bonchev–Trinajstić information content (AvgIpc) is 2.56. The van der Waals surface area contributed by atoms with E-state index in [1.54, 1.807) is 43.3 Å². The van der Waals surface area contributed by atoms with Crippen molar-refractivity contribution in [3.8, 4) is 0 Å². The molecule has 0 bridgehead atoms. The van der Waals surface area contributed by atoms with Crippen molar-refractivity contribution in [2.75, 3.05) is 25.6 Å². The van der Waals surface area contributed by atoms with E-state index in [0.29, 0.717) is 17.7 Å². The second kappa shape index (κ2) is 9.25. The number of ether oxygens (including phenoxy) is 1. The quantitative estimate of drug-likeness (QED) is 0.877. The Labute approximate surface area is 136 Å². The van der Waals surface area contributed by atoms with Crippen LogP contribution >= 0.6 is 0 Å². The lowest BCUT2D eigenvalue weighted by molar-refractivity contribution is 0.0526. The number of benzene rings is 2. The number of hydrogen-bond acceptors (Lipinski definition) is 4. The van der Waals surface area contributed by atoms with Crippen molar-refractivity contribution >= 4 is 17.6 Å². The van der Waals surface area contributed by atoms with E-state index in [0.717, 1.165) is 5.69 Å². The highest BCUT2D eigenvalue weighted by atomic mass is 16.5. The van der Waals surface area contributed by atoms with Crippen LogP contribution in [0.15, 0.2) is 54.6 Å². The summed E-state index contributed by atoms with van der Waals surface area (Å²) < 4.78 is 4.79. The Morgan fingerprint density at radius 1 is 0.957 bits per heavy atom. The van der Waals surface area contributed by atoms with Gasteiger partial charge in [0, 0.05) is 19.8 Å². The average molecular weight is 315 g/mol. The molecule has 1 N–H and O–H groups in total. The maximum absolute atomic E-state index is 11.0. The SMILES string of the molecule is CCOC(=O)c1ccccc1.CN(C)c1ccc(C(=O)O)cc1. The minimum absolute atomic E-state index is 0.256. The molecule has 0 saturated heterocycles. The van der Waals surface area contributed by atoms with Crippen molar-refractivity contribution in [1.29, 1.82) is 0 Å². The molecule has 0 unspecified atom stereocenters. The zero-order chi connectivity index (χ0) is 17.2. The number of hydrogen-bond donors (Lipinski definition) is 1. The van der Waals surface area contributed by atoms with Gasteiger partial charge in [-0.25, -0.2) is 9.59 Å². The predicted molar refractivity (Wildman–Crippen MR) is 90.1 cm³/mol. The molecular formula is C18H21NO4. The van der Waals surface area contributed by atoms with Crippen LogP contribution in [-0.2, 0) is 4.74 Å². The Balaban J connectivity index is 0.000000231. The molecule has 0 fully saturated rings. The summed E-state index contributed by atoms with van der Waals surface area (Å²) in [5, 5.41) is 8.60. The minimum atomic E-state index is -0.889. The highest BCUT2D eigenvalue weighted by molar-refractivity contribution is 5.89. The van der Waals surface area contributed by atoms with E-state index in [1.165, 1.54) is 0 Å². The molecule has 5 heteroatoms. The minimum Gasteiger partial charge on any atom is -0.478 e. The molecule has 0 heterocycles. The number of rotatable bonds is 4. The first-order chi connectivity index (χ1) is 11.0. The van der Waals surface area contributed by atoms with Gasteiger partial charge in [0.2, 0.25) is 0 Å². The summed E-state index contributed by atoms with van der Waals surface area (Å²) in [4.78, 5) is 23.4. The maximum Gasteiger partial charge on any atom is 0.338 e. The summed E-state index contributed by atoms with van der Waals surface area (Å²) in [7, 11) is 3.82. The van der Waals surface area contributed by atoms with Crippen molar-refractivity contribution in [2.24, 2.45) is 0 Å². The third kappa shape index (κ3) is 6.22. The predicted octanol–water partition coefficient (Wildman–Crippen LogP) is 3.31. The molecule has 2 aromatic carbocycles. The fourth-order valence-electron chi connectivity index (χ4n) is 1.69. The zero-order valence-corrected chi connectivity index (χ0v) is 13.5. The van der Waals surface area contributed by atoms with Gasteiger partial charge >= 0.3 is 11.9 Å². The molecule has 2 rings (SSSR count). The first-order valence-corrected chi connectivity index (χ1v) is 7.18. The highest BCUT2D eigenvalue weighted by Gasteiger charge is 2.02. The molecule has 0 atom stereocenters. The van der Waals surface area contributed by atoms with Gasteiger partial charge in [-0.15, -0.1) is 0 Å². The second-order valence-electron chi connectivity index (χ2n) is 4.83. The van der Waals surface area contributed by atoms with Gasteiger partial charge in [0.1, 0.15) is 0 Å². The van der Waals surface area contributed by atoms with E-state index in [2.05, 4.69) is 0 Å². The van der Waals surface area contributed by atoms with Gasteiger partial charge in [0.05, 0.1) is 17.7 Å². The second-order valence-corrected chi connectivity index (χ2v) is 4.83. The molecule has 2 aromatic rings. The summed E-state index contributed by atoms with van der Waals surface area (Å²) in [6, 6.07) is 15.7. The summed E-state index contributed by atoms with van der Waals surface area (Å²) in [6.45, 7) is 2.22. The molecule has 0 aliphatic rings. The number of carboxylic acid groups (broad SMARTS) is 1. The van der Waals surface area contributed by atoms with Crippen LogP contribution in [0.5, 0.6) is 0 Å². The fraction of sp³-hybridized carbons (Fsp3) is 0.222. The number of carboxylic acids is 1. The first kappa shape index (κ1) is 18.2. The first-order valence-electron chi connectivity index (χ1n) is 7.18. The Morgan fingerprint density at radius 3 is 1.96 bits per heavy atom. The van der Waals surface area contributed by atoms with Crippen LogP contribution in [0.2, 0.25) is 0 Å². The Hall–Kier alpha value is -2.82. The van der Waals surface area contributed by atoms with Gasteiger partial charge in [-0.05, 0) is 43.3 Å². The monoisotopic (exact) mass is 315 g/mol. The van der Waals surface area contributed by atoms with E-state index in [9.17, 15) is 9.59 Å². The highest BCUT2D eigenvalue weighted by Crippen LogP contribution is 2.11. The lowest BCUT2D eigenvalue weighted by Crippen LogP contribution is -2.08. The fourth-order valence-corrected chi connectivity index (χ4v) is 1.69. The van der Waals surface area contributed by atoms with Crippen molar-refractivity contribution in [2.45, 2.75) is 6.92 Å². The Kier molecular flexibility index (Phi) is 7.33. The molecule has 5 nitrogen and oxygen atoms in total. The van der Waals surface area contributed by atoms with Gasteiger partial charge in [-0.3, -0.25) is 0 Å². The number of esters is 1. The van der Waals surface area contributed by atoms with Crippen LogP contribution in [0, 0.1) is 0 Å². The molecule has 0 aliphatic heterocycles. The third-order valence-electron chi connectivity index (χ3n) is 2.92. The van der Waals surface area contributed by atoms with Crippen LogP contribution in [0.4, 0.5) is 5.69 Å². The van der Waals surface area contributed by atoms with Gasteiger partial charge in [0.25, 0.3) is 0 Å². The number of aromatic carboxylic acids is 1. The zero-order valence-electron chi connectivity index (χ0n) is 13.5. The van der Waals surface area contributed by atoms with Crippen molar-refractivity contribution in [1.82, 2.24) is 0 Å². The van der Waals surface area contributed by atoms with Gasteiger partial charge in [-0.1, -0.05) is 18.2 Å². The third-order valence-corrected chi connectivity index (χ3v) is 2.92. The van der Waals surface area contributed by atoms with E-state index in [1.807, 2.05) is 37.2 Å². The molecule has 23 heavy (non-hydrogen) atoms. The Bertz CT molecular complexity index is 621. The van der Waals surface area contributed by atoms with Gasteiger partial charge < -0.3 is 14.7 Å². The summed E-state index contributed by atoms with van der Waals surface area (Å²) in [5.74, 6) is -1.14. The topological polar surface area (TPSA) is 66.8 Å². The molecule has 0 aromatic heterocycles. The molecule has 0 radical (unpaired) electrons. The lowest BCUT2D eigenvalue weighted by Gasteiger charge is -2.11. The standard InChI is InChI=1S/C9H11NO2.C9H10O2/c1-10(2)8-5-3-7(4-6-8)9(11)12;1-2-11-9(10)8-6-4-3-5-7-8/h3-6H,1-2H3,(H,11,12);3-7H,2H2,1H3. The molecular weight excluding hydrogens is 294 g/mol. The van der Waals surface area contributed by atoms with E-state index < -0.39 is 5.97 Å². The van der Waals surface area contributed by atoms with Crippen molar-refractivity contribution in [3.63, 3.8) is 0 Å². The van der Waals surface area contributed by atoms with E-state index in [-0.39, 0.29) is 5.97 Å². The normalized spacial score (nSPS) is 9.35. The number of carbonyl (C=O) groups is 2. The van der Waals surface area contributed by atoms with Crippen molar-refractivity contribution < 1.29 is 19.4 Å². The Morgan fingerprint density at radius 2 is 1.52 bits per heavy atom. The summed E-state index contributed by atoms with van der Waals surface area (Å²) in [6.07, 6.45) is 0. The maximum atomic E-state index is 11.0. The summed E-state index contributed by atoms with van der Waals surface area (Å²) in [5.41, 5.74) is 1.93. The van der Waals surface area contributed by atoms with Crippen LogP contribution in [0.3, 0.4) is 0 Å². The number of nitrogens with zero attached hydrogens (tertiary/aromatic N) is 1. The molecule has 0 aliphatic carbocycles. The number of carbonyl (C=O) groups excluding carboxylic acids is 1. The molecule has 0 amide bonds. The van der Waals surface area contributed by atoms with Gasteiger partial charge in [-0.2, -0.15) is 0 Å². The lowest BCUT2D eigenvalue weighted by atomic mass is 10.2. The molecule has 0 spiro atoms. The molecule has 122 valence electrons.